The quantitative estimate of drug-likeness (QED) is 0.772. The molecule has 106 valence electrons. The van der Waals surface area contributed by atoms with E-state index in [1.54, 1.807) is 0 Å². The Bertz CT molecular complexity index is 402. The molecule has 2 nitrogen and oxygen atoms in total. The highest BCUT2D eigenvalue weighted by molar-refractivity contribution is 6.30. The number of nitrogens with zero attached hydrogens (tertiary/aromatic N) is 1. The maximum absolute atomic E-state index is 6.20. The fourth-order valence-electron chi connectivity index (χ4n) is 2.43. The van der Waals surface area contributed by atoms with Gasteiger partial charge in [0.1, 0.15) is 0 Å². The van der Waals surface area contributed by atoms with Crippen LogP contribution in [0.25, 0.3) is 0 Å². The summed E-state index contributed by atoms with van der Waals surface area (Å²) in [6, 6.07) is 6.29. The lowest BCUT2D eigenvalue weighted by molar-refractivity contribution is 0.689. The first-order chi connectivity index (χ1) is 9.24. The minimum atomic E-state index is 0.840. The molecule has 3 heteroatoms. The molecule has 0 atom stereocenters. The number of halogens is 1. The molecule has 1 fully saturated rings. The average Bonchev–Trinajstić information content (AvgIpc) is 3.21. The first-order valence-electron chi connectivity index (χ1n) is 7.48. The largest absolute Gasteiger partial charge is 0.371 e. The van der Waals surface area contributed by atoms with E-state index in [0.29, 0.717) is 0 Å². The van der Waals surface area contributed by atoms with E-state index in [9.17, 15) is 0 Å². The summed E-state index contributed by atoms with van der Waals surface area (Å²) in [5.41, 5.74) is 2.68. The summed E-state index contributed by atoms with van der Waals surface area (Å²) >= 11 is 6.20. The predicted molar refractivity (Wildman–Crippen MR) is 84.1 cm³/mol. The van der Waals surface area contributed by atoms with Gasteiger partial charge in [-0.25, -0.2) is 0 Å². The number of hydrogen-bond donors (Lipinski definition) is 1. The van der Waals surface area contributed by atoms with Gasteiger partial charge in [0.25, 0.3) is 0 Å². The zero-order valence-electron chi connectivity index (χ0n) is 12.1. The molecular weight excluding hydrogens is 256 g/mol. The third-order valence-corrected chi connectivity index (χ3v) is 3.86. The van der Waals surface area contributed by atoms with E-state index >= 15 is 0 Å². The topological polar surface area (TPSA) is 15.3 Å². The Morgan fingerprint density at radius 3 is 2.74 bits per heavy atom. The van der Waals surface area contributed by atoms with E-state index in [1.807, 2.05) is 6.07 Å². The smallest absolute Gasteiger partial charge is 0.0426 e. The van der Waals surface area contributed by atoms with Crippen molar-refractivity contribution in [3.8, 4) is 0 Å². The van der Waals surface area contributed by atoms with Crippen LogP contribution in [0.1, 0.15) is 38.7 Å². The minimum Gasteiger partial charge on any atom is -0.371 e. The molecule has 0 spiro atoms. The second-order valence-corrected chi connectivity index (χ2v) is 5.88. The van der Waals surface area contributed by atoms with Crippen molar-refractivity contribution in [3.05, 3.63) is 28.8 Å². The molecule has 1 aliphatic rings. The van der Waals surface area contributed by atoms with E-state index in [4.69, 9.17) is 11.6 Å². The SMILES string of the molecule is CCCN(CC1CC1)c1cc(Cl)ccc1CNCC. The van der Waals surface area contributed by atoms with E-state index in [1.165, 1.54) is 37.1 Å². The van der Waals surface area contributed by atoms with Gasteiger partial charge in [0.05, 0.1) is 0 Å². The van der Waals surface area contributed by atoms with Gasteiger partial charge in [-0.2, -0.15) is 0 Å². The van der Waals surface area contributed by atoms with Crippen molar-refractivity contribution in [2.75, 3.05) is 24.5 Å². The Hall–Kier alpha value is -0.730. The van der Waals surface area contributed by atoms with Crippen LogP contribution in [0.5, 0.6) is 0 Å². The molecule has 0 amide bonds. The number of rotatable bonds is 8. The van der Waals surface area contributed by atoms with Gasteiger partial charge in [0, 0.05) is 30.3 Å². The van der Waals surface area contributed by atoms with E-state index < -0.39 is 0 Å². The number of hydrogen-bond acceptors (Lipinski definition) is 2. The van der Waals surface area contributed by atoms with Gasteiger partial charge in [0.15, 0.2) is 0 Å². The summed E-state index contributed by atoms with van der Waals surface area (Å²) in [6.45, 7) is 8.62. The van der Waals surface area contributed by atoms with E-state index in [2.05, 4.69) is 36.2 Å². The van der Waals surface area contributed by atoms with Crippen molar-refractivity contribution >= 4 is 17.3 Å². The lowest BCUT2D eigenvalue weighted by Crippen LogP contribution is -2.28. The number of benzene rings is 1. The van der Waals surface area contributed by atoms with Gasteiger partial charge in [-0.05, 0) is 49.4 Å². The Morgan fingerprint density at radius 1 is 1.32 bits per heavy atom. The van der Waals surface area contributed by atoms with Crippen molar-refractivity contribution in [2.24, 2.45) is 5.92 Å². The van der Waals surface area contributed by atoms with Crippen LogP contribution in [-0.4, -0.2) is 19.6 Å². The Kier molecular flexibility index (Phi) is 5.53. The van der Waals surface area contributed by atoms with Crippen molar-refractivity contribution in [3.63, 3.8) is 0 Å². The summed E-state index contributed by atoms with van der Waals surface area (Å²) in [7, 11) is 0. The first-order valence-corrected chi connectivity index (χ1v) is 7.86. The zero-order chi connectivity index (χ0) is 13.7. The van der Waals surface area contributed by atoms with Crippen LogP contribution in [-0.2, 0) is 6.54 Å². The molecule has 1 saturated carbocycles. The molecule has 0 aliphatic heterocycles. The molecule has 19 heavy (non-hydrogen) atoms. The molecule has 1 aromatic carbocycles. The van der Waals surface area contributed by atoms with Crippen molar-refractivity contribution in [2.45, 2.75) is 39.7 Å². The van der Waals surface area contributed by atoms with Crippen LogP contribution in [0.15, 0.2) is 18.2 Å². The van der Waals surface area contributed by atoms with Gasteiger partial charge in [-0.15, -0.1) is 0 Å². The van der Waals surface area contributed by atoms with E-state index in [0.717, 1.165) is 30.6 Å². The normalized spacial score (nSPS) is 14.7. The molecule has 2 rings (SSSR count). The van der Waals surface area contributed by atoms with E-state index in [-0.39, 0.29) is 0 Å². The molecule has 0 unspecified atom stereocenters. The Labute approximate surface area is 122 Å². The van der Waals surface area contributed by atoms with Gasteiger partial charge < -0.3 is 10.2 Å². The molecule has 0 heterocycles. The molecule has 1 aliphatic carbocycles. The summed E-state index contributed by atoms with van der Waals surface area (Å²) in [5, 5.41) is 4.26. The second-order valence-electron chi connectivity index (χ2n) is 5.44. The van der Waals surface area contributed by atoms with Crippen LogP contribution in [0.4, 0.5) is 5.69 Å². The standard InChI is InChI=1S/C16H25ClN2/c1-3-9-19(12-13-5-6-13)16-10-15(17)8-7-14(16)11-18-4-2/h7-8,10,13,18H,3-6,9,11-12H2,1-2H3. The molecule has 1 aromatic rings. The first kappa shape index (κ1) is 14.7. The maximum atomic E-state index is 6.20. The maximum Gasteiger partial charge on any atom is 0.0426 e. The third-order valence-electron chi connectivity index (χ3n) is 3.62. The fraction of sp³-hybridized carbons (Fsp3) is 0.625. The van der Waals surface area contributed by atoms with Gasteiger partial charge >= 0.3 is 0 Å². The Balaban J connectivity index is 2.18. The van der Waals surface area contributed by atoms with Crippen LogP contribution in [0.3, 0.4) is 0 Å². The molecule has 0 saturated heterocycles. The van der Waals surface area contributed by atoms with Crippen molar-refractivity contribution < 1.29 is 0 Å². The molecule has 0 radical (unpaired) electrons. The van der Waals surface area contributed by atoms with Crippen molar-refractivity contribution in [1.82, 2.24) is 5.32 Å². The minimum absolute atomic E-state index is 0.840. The monoisotopic (exact) mass is 280 g/mol. The molecule has 1 N–H and O–H groups in total. The van der Waals surface area contributed by atoms with Crippen LogP contribution in [0, 0.1) is 5.92 Å². The van der Waals surface area contributed by atoms with Gasteiger partial charge in [-0.1, -0.05) is 31.5 Å². The third kappa shape index (κ3) is 4.39. The summed E-state index contributed by atoms with van der Waals surface area (Å²) in [6.07, 6.45) is 3.96. The number of anilines is 1. The second kappa shape index (κ2) is 7.16. The highest BCUT2D eigenvalue weighted by atomic mass is 35.5. The van der Waals surface area contributed by atoms with Crippen LogP contribution < -0.4 is 10.2 Å². The Morgan fingerprint density at radius 2 is 2.11 bits per heavy atom. The predicted octanol–water partition coefficient (Wildman–Crippen LogP) is 4.08. The van der Waals surface area contributed by atoms with Crippen molar-refractivity contribution in [1.29, 1.82) is 0 Å². The van der Waals surface area contributed by atoms with Crippen LogP contribution >= 0.6 is 11.6 Å². The lowest BCUT2D eigenvalue weighted by atomic mass is 10.1. The zero-order valence-corrected chi connectivity index (χ0v) is 12.8. The lowest BCUT2D eigenvalue weighted by Gasteiger charge is -2.27. The van der Waals surface area contributed by atoms with Gasteiger partial charge in [0.2, 0.25) is 0 Å². The molecule has 0 bridgehead atoms. The summed E-state index contributed by atoms with van der Waals surface area (Å²) < 4.78 is 0. The fourth-order valence-corrected chi connectivity index (χ4v) is 2.60. The van der Waals surface area contributed by atoms with Crippen LogP contribution in [0.2, 0.25) is 5.02 Å². The molecule has 0 aromatic heterocycles. The summed E-state index contributed by atoms with van der Waals surface area (Å²) in [4.78, 5) is 2.52. The number of nitrogens with one attached hydrogen (secondary N) is 1. The van der Waals surface area contributed by atoms with Gasteiger partial charge in [-0.3, -0.25) is 0 Å². The highest BCUT2D eigenvalue weighted by Gasteiger charge is 2.25. The average molecular weight is 281 g/mol. The highest BCUT2D eigenvalue weighted by Crippen LogP contribution is 2.33. The summed E-state index contributed by atoms with van der Waals surface area (Å²) in [5.74, 6) is 0.900. The molecular formula is C16H25ClN2.